The first-order valence-electron chi connectivity index (χ1n) is 6.27. The molecule has 18 heavy (non-hydrogen) atoms. The SMILES string of the molecule is COC(=O)C(NC(=O)N1CCN(C)CC1)C(C)C. The van der Waals surface area contributed by atoms with Gasteiger partial charge in [0.15, 0.2) is 0 Å². The Morgan fingerprint density at radius 1 is 1.17 bits per heavy atom. The minimum atomic E-state index is -0.581. The van der Waals surface area contributed by atoms with Crippen molar-refractivity contribution in [3.8, 4) is 0 Å². The van der Waals surface area contributed by atoms with Crippen LogP contribution in [-0.4, -0.2) is 68.2 Å². The van der Waals surface area contributed by atoms with E-state index in [4.69, 9.17) is 4.74 Å². The largest absolute Gasteiger partial charge is 0.467 e. The predicted octanol–water partition coefficient (Wildman–Crippen LogP) is 0.141. The Hall–Kier alpha value is -1.30. The van der Waals surface area contributed by atoms with Gasteiger partial charge in [0.2, 0.25) is 0 Å². The molecular weight excluding hydrogens is 234 g/mol. The fourth-order valence-corrected chi connectivity index (χ4v) is 1.86. The topological polar surface area (TPSA) is 61.9 Å². The normalized spacial score (nSPS) is 18.6. The zero-order valence-corrected chi connectivity index (χ0v) is 11.6. The van der Waals surface area contributed by atoms with Crippen LogP contribution in [0.2, 0.25) is 0 Å². The molecule has 1 fully saturated rings. The number of hydrogen-bond donors (Lipinski definition) is 1. The summed E-state index contributed by atoms with van der Waals surface area (Å²) in [6.45, 7) is 6.86. The Morgan fingerprint density at radius 3 is 2.17 bits per heavy atom. The second-order valence-corrected chi connectivity index (χ2v) is 4.98. The van der Waals surface area contributed by atoms with E-state index in [1.54, 1.807) is 4.90 Å². The lowest BCUT2D eigenvalue weighted by atomic mass is 10.1. The van der Waals surface area contributed by atoms with Crippen molar-refractivity contribution in [2.45, 2.75) is 19.9 Å². The molecule has 1 N–H and O–H groups in total. The number of carbonyl (C=O) groups excluding carboxylic acids is 2. The molecule has 104 valence electrons. The van der Waals surface area contributed by atoms with Crippen LogP contribution in [0.15, 0.2) is 0 Å². The zero-order valence-electron chi connectivity index (χ0n) is 11.6. The third-order valence-corrected chi connectivity index (χ3v) is 3.19. The molecule has 1 aliphatic heterocycles. The van der Waals surface area contributed by atoms with E-state index in [-0.39, 0.29) is 11.9 Å². The number of nitrogens with zero attached hydrogens (tertiary/aromatic N) is 2. The fraction of sp³-hybridized carbons (Fsp3) is 0.833. The van der Waals surface area contributed by atoms with Crippen molar-refractivity contribution in [1.29, 1.82) is 0 Å². The molecule has 6 heteroatoms. The molecule has 0 radical (unpaired) electrons. The number of hydrogen-bond acceptors (Lipinski definition) is 4. The summed E-state index contributed by atoms with van der Waals surface area (Å²) in [5, 5.41) is 2.75. The van der Waals surface area contributed by atoms with Gasteiger partial charge in [0.05, 0.1) is 7.11 Å². The molecule has 0 aromatic rings. The molecule has 1 atom stereocenters. The van der Waals surface area contributed by atoms with Gasteiger partial charge in [-0.25, -0.2) is 9.59 Å². The molecule has 1 aliphatic rings. The van der Waals surface area contributed by atoms with Crippen molar-refractivity contribution in [2.24, 2.45) is 5.92 Å². The van der Waals surface area contributed by atoms with Gasteiger partial charge in [-0.05, 0) is 13.0 Å². The average molecular weight is 257 g/mol. The quantitative estimate of drug-likeness (QED) is 0.731. The van der Waals surface area contributed by atoms with Gasteiger partial charge in [-0.2, -0.15) is 0 Å². The van der Waals surface area contributed by atoms with Crippen molar-refractivity contribution in [2.75, 3.05) is 40.3 Å². The van der Waals surface area contributed by atoms with Crippen LogP contribution in [0.3, 0.4) is 0 Å². The maximum absolute atomic E-state index is 12.0. The number of urea groups is 1. The highest BCUT2D eigenvalue weighted by Crippen LogP contribution is 2.06. The van der Waals surface area contributed by atoms with E-state index in [0.29, 0.717) is 13.1 Å². The Labute approximate surface area is 108 Å². The number of likely N-dealkylation sites (N-methyl/N-ethyl adjacent to an activating group) is 1. The van der Waals surface area contributed by atoms with E-state index in [1.807, 2.05) is 20.9 Å². The number of esters is 1. The van der Waals surface area contributed by atoms with Crippen molar-refractivity contribution in [3.63, 3.8) is 0 Å². The number of rotatable bonds is 3. The molecule has 0 spiro atoms. The molecule has 0 saturated carbocycles. The van der Waals surface area contributed by atoms with E-state index in [9.17, 15) is 9.59 Å². The number of nitrogens with one attached hydrogen (secondary N) is 1. The summed E-state index contributed by atoms with van der Waals surface area (Å²) in [6, 6.07) is -0.769. The van der Waals surface area contributed by atoms with Crippen LogP contribution in [0.25, 0.3) is 0 Å². The highest BCUT2D eigenvalue weighted by atomic mass is 16.5. The number of methoxy groups -OCH3 is 1. The molecule has 0 aromatic heterocycles. The summed E-state index contributed by atoms with van der Waals surface area (Å²) in [5.74, 6) is -0.388. The first-order valence-corrected chi connectivity index (χ1v) is 6.27. The van der Waals surface area contributed by atoms with Crippen molar-refractivity contribution >= 4 is 12.0 Å². The van der Waals surface area contributed by atoms with Crippen molar-refractivity contribution < 1.29 is 14.3 Å². The van der Waals surface area contributed by atoms with Gasteiger partial charge in [-0.1, -0.05) is 13.8 Å². The standard InChI is InChI=1S/C12H23N3O3/c1-9(2)10(11(16)18-4)13-12(17)15-7-5-14(3)6-8-15/h9-10H,5-8H2,1-4H3,(H,13,17). The highest BCUT2D eigenvalue weighted by molar-refractivity contribution is 5.83. The van der Waals surface area contributed by atoms with Crippen LogP contribution in [0.1, 0.15) is 13.8 Å². The smallest absolute Gasteiger partial charge is 0.328 e. The minimum absolute atomic E-state index is 0.00821. The van der Waals surface area contributed by atoms with E-state index in [1.165, 1.54) is 7.11 Å². The van der Waals surface area contributed by atoms with Crippen LogP contribution in [0.4, 0.5) is 4.79 Å². The third-order valence-electron chi connectivity index (χ3n) is 3.19. The summed E-state index contributed by atoms with van der Waals surface area (Å²) >= 11 is 0. The van der Waals surface area contributed by atoms with Gasteiger partial charge in [-0.3, -0.25) is 0 Å². The average Bonchev–Trinajstić information content (AvgIpc) is 2.35. The predicted molar refractivity (Wildman–Crippen MR) is 68.2 cm³/mol. The van der Waals surface area contributed by atoms with E-state index in [0.717, 1.165) is 13.1 Å². The van der Waals surface area contributed by atoms with Gasteiger partial charge in [0.1, 0.15) is 6.04 Å². The molecule has 0 aromatic carbocycles. The Balaban J connectivity index is 2.53. The molecule has 1 saturated heterocycles. The molecule has 6 nitrogen and oxygen atoms in total. The van der Waals surface area contributed by atoms with Crippen LogP contribution < -0.4 is 5.32 Å². The van der Waals surface area contributed by atoms with E-state index < -0.39 is 12.0 Å². The summed E-state index contributed by atoms with van der Waals surface area (Å²) in [7, 11) is 3.36. The molecule has 0 bridgehead atoms. The van der Waals surface area contributed by atoms with E-state index >= 15 is 0 Å². The fourth-order valence-electron chi connectivity index (χ4n) is 1.86. The molecule has 1 rings (SSSR count). The maximum atomic E-state index is 12.0. The minimum Gasteiger partial charge on any atom is -0.467 e. The first kappa shape index (κ1) is 14.8. The van der Waals surface area contributed by atoms with Gasteiger partial charge >= 0.3 is 12.0 Å². The number of amides is 2. The van der Waals surface area contributed by atoms with Crippen molar-refractivity contribution in [1.82, 2.24) is 15.1 Å². The summed E-state index contributed by atoms with van der Waals surface area (Å²) < 4.78 is 4.70. The Bertz CT molecular complexity index is 299. The summed E-state index contributed by atoms with van der Waals surface area (Å²) in [4.78, 5) is 27.5. The lowest BCUT2D eigenvalue weighted by molar-refractivity contribution is -0.144. The third kappa shape index (κ3) is 3.87. The van der Waals surface area contributed by atoms with Gasteiger partial charge < -0.3 is 19.9 Å². The van der Waals surface area contributed by atoms with E-state index in [2.05, 4.69) is 10.2 Å². The van der Waals surface area contributed by atoms with Crippen LogP contribution in [0.5, 0.6) is 0 Å². The monoisotopic (exact) mass is 257 g/mol. The van der Waals surface area contributed by atoms with Gasteiger partial charge in [-0.15, -0.1) is 0 Å². The zero-order chi connectivity index (χ0) is 13.7. The molecular formula is C12H23N3O3. The Kier molecular flexibility index (Phi) is 5.40. The summed E-state index contributed by atoms with van der Waals surface area (Å²) in [5.41, 5.74) is 0. The van der Waals surface area contributed by atoms with Gasteiger partial charge in [0.25, 0.3) is 0 Å². The molecule has 0 aliphatic carbocycles. The molecule has 1 unspecified atom stereocenters. The van der Waals surface area contributed by atoms with Crippen molar-refractivity contribution in [3.05, 3.63) is 0 Å². The number of ether oxygens (including phenoxy) is 1. The highest BCUT2D eigenvalue weighted by Gasteiger charge is 2.28. The first-order chi connectivity index (χ1) is 8.45. The van der Waals surface area contributed by atoms with Crippen LogP contribution in [-0.2, 0) is 9.53 Å². The second kappa shape index (κ2) is 6.58. The lowest BCUT2D eigenvalue weighted by Gasteiger charge is -2.33. The number of piperazine rings is 1. The molecule has 1 heterocycles. The second-order valence-electron chi connectivity index (χ2n) is 4.98. The van der Waals surface area contributed by atoms with Gasteiger partial charge in [0, 0.05) is 26.2 Å². The molecule has 2 amide bonds. The van der Waals surface area contributed by atoms with Crippen LogP contribution in [0, 0.1) is 5.92 Å². The summed E-state index contributed by atoms with van der Waals surface area (Å²) in [6.07, 6.45) is 0. The Morgan fingerprint density at radius 2 is 1.72 bits per heavy atom. The number of carbonyl (C=O) groups is 2. The van der Waals surface area contributed by atoms with Crippen LogP contribution >= 0.6 is 0 Å². The lowest BCUT2D eigenvalue weighted by Crippen LogP contribution is -2.55. The maximum Gasteiger partial charge on any atom is 0.328 e.